The van der Waals surface area contributed by atoms with Crippen molar-refractivity contribution in [1.82, 2.24) is 0 Å². The molecular weight excluding hydrogens is 404 g/mol. The molecule has 0 aromatic heterocycles. The van der Waals surface area contributed by atoms with Crippen molar-refractivity contribution in [2.75, 3.05) is 0 Å². The van der Waals surface area contributed by atoms with E-state index < -0.39 is 5.97 Å². The van der Waals surface area contributed by atoms with Crippen LogP contribution in [0, 0.1) is 0 Å². The zero-order valence-corrected chi connectivity index (χ0v) is 16.5. The van der Waals surface area contributed by atoms with Gasteiger partial charge in [-0.15, -0.1) is 0 Å². The van der Waals surface area contributed by atoms with E-state index in [2.05, 4.69) is 41.9 Å². The van der Waals surface area contributed by atoms with Crippen LogP contribution in [0.1, 0.15) is 51.3 Å². The second kappa shape index (κ2) is 6.17. The Morgan fingerprint density at radius 1 is 0.852 bits per heavy atom. The lowest BCUT2D eigenvalue weighted by Gasteiger charge is -2.21. The molecule has 1 aliphatic carbocycles. The van der Waals surface area contributed by atoms with Crippen molar-refractivity contribution in [1.29, 1.82) is 0 Å². The van der Waals surface area contributed by atoms with Crippen LogP contribution < -0.4 is 0 Å². The first kappa shape index (κ1) is 17.7. The third-order valence-electron chi connectivity index (χ3n) is 5.30. The zero-order valence-electron chi connectivity index (χ0n) is 14.9. The van der Waals surface area contributed by atoms with E-state index in [0.717, 1.165) is 11.1 Å². The number of benzene rings is 3. The maximum atomic E-state index is 13.1. The van der Waals surface area contributed by atoms with Crippen LogP contribution in [0.4, 0.5) is 0 Å². The lowest BCUT2D eigenvalue weighted by molar-refractivity contribution is 0.0692. The number of ketones is 1. The van der Waals surface area contributed by atoms with E-state index >= 15 is 0 Å². The van der Waals surface area contributed by atoms with Crippen LogP contribution in [0.15, 0.2) is 65.1 Å². The van der Waals surface area contributed by atoms with E-state index in [1.165, 1.54) is 17.2 Å². The molecule has 1 N–H and O–H groups in total. The second-order valence-corrected chi connectivity index (χ2v) is 8.17. The third-order valence-corrected chi connectivity index (χ3v) is 5.80. The summed E-state index contributed by atoms with van der Waals surface area (Å²) in [4.78, 5) is 24.7. The molecule has 4 rings (SSSR count). The number of rotatable bonds is 3. The Morgan fingerprint density at radius 3 is 2.30 bits per heavy atom. The van der Waals surface area contributed by atoms with Crippen LogP contribution in [0.5, 0.6) is 0 Å². The highest BCUT2D eigenvalue weighted by molar-refractivity contribution is 9.10. The van der Waals surface area contributed by atoms with Crippen LogP contribution >= 0.6 is 15.9 Å². The normalized spacial score (nSPS) is 13.7. The first-order chi connectivity index (χ1) is 12.8. The molecule has 1 aliphatic rings. The molecule has 3 aromatic carbocycles. The number of aromatic carboxylic acids is 1. The van der Waals surface area contributed by atoms with Crippen molar-refractivity contribution in [3.05, 3.63) is 93.0 Å². The minimum atomic E-state index is -1.11. The summed E-state index contributed by atoms with van der Waals surface area (Å²) in [7, 11) is 0. The van der Waals surface area contributed by atoms with Gasteiger partial charge in [-0.1, -0.05) is 66.2 Å². The summed E-state index contributed by atoms with van der Waals surface area (Å²) < 4.78 is 0.671. The monoisotopic (exact) mass is 420 g/mol. The molecule has 3 aromatic rings. The Kier molecular flexibility index (Phi) is 4.04. The molecule has 0 spiro atoms. The quantitative estimate of drug-likeness (QED) is 0.554. The van der Waals surface area contributed by atoms with Crippen LogP contribution in [0.2, 0.25) is 0 Å². The first-order valence-corrected chi connectivity index (χ1v) is 9.42. The molecule has 0 atom stereocenters. The Morgan fingerprint density at radius 2 is 1.56 bits per heavy atom. The molecule has 0 amide bonds. The van der Waals surface area contributed by atoms with Gasteiger partial charge in [-0.3, -0.25) is 4.79 Å². The van der Waals surface area contributed by atoms with Gasteiger partial charge in [0.2, 0.25) is 0 Å². The molecule has 4 heteroatoms. The predicted octanol–water partition coefficient (Wildman–Crippen LogP) is 5.68. The Balaban J connectivity index is 1.85. The number of carboxylic acids is 1. The van der Waals surface area contributed by atoms with Gasteiger partial charge in [0.1, 0.15) is 0 Å². The highest BCUT2D eigenvalue weighted by Crippen LogP contribution is 2.48. The summed E-state index contributed by atoms with van der Waals surface area (Å²) >= 11 is 3.33. The predicted molar refractivity (Wildman–Crippen MR) is 109 cm³/mol. The van der Waals surface area contributed by atoms with E-state index in [4.69, 9.17) is 0 Å². The lowest BCUT2D eigenvalue weighted by Crippen LogP contribution is -2.16. The molecule has 0 heterocycles. The Labute approximate surface area is 165 Å². The van der Waals surface area contributed by atoms with Gasteiger partial charge in [0.05, 0.1) is 5.56 Å². The standard InChI is InChI=1S/C23H17BrO3/c1-23(2)19-6-4-3-5-15(19)16-9-7-13(11-20(16)23)21(25)18-12-14(24)8-10-17(18)22(26)27/h3-12H,1-2H3,(H,26,27). The van der Waals surface area contributed by atoms with Crippen molar-refractivity contribution < 1.29 is 14.7 Å². The zero-order chi connectivity index (χ0) is 19.3. The van der Waals surface area contributed by atoms with Gasteiger partial charge >= 0.3 is 5.97 Å². The smallest absolute Gasteiger partial charge is 0.336 e. The molecule has 27 heavy (non-hydrogen) atoms. The summed E-state index contributed by atoms with van der Waals surface area (Å²) in [6.07, 6.45) is 0. The van der Waals surface area contributed by atoms with Crippen LogP contribution in [-0.4, -0.2) is 16.9 Å². The van der Waals surface area contributed by atoms with Crippen molar-refractivity contribution in [3.63, 3.8) is 0 Å². The van der Waals surface area contributed by atoms with Gasteiger partial charge in [-0.2, -0.15) is 0 Å². The Bertz CT molecular complexity index is 1110. The van der Waals surface area contributed by atoms with E-state index in [1.54, 1.807) is 18.2 Å². The third kappa shape index (κ3) is 2.72. The summed E-state index contributed by atoms with van der Waals surface area (Å²) in [5.74, 6) is -1.40. The summed E-state index contributed by atoms with van der Waals surface area (Å²) in [5.41, 5.74) is 5.10. The van der Waals surface area contributed by atoms with Crippen molar-refractivity contribution in [2.45, 2.75) is 19.3 Å². The number of hydrogen-bond donors (Lipinski definition) is 1. The van der Waals surface area contributed by atoms with Gasteiger partial charge in [-0.25, -0.2) is 4.79 Å². The van der Waals surface area contributed by atoms with E-state index in [1.807, 2.05) is 24.3 Å². The average Bonchev–Trinajstić information content (AvgIpc) is 2.88. The maximum Gasteiger partial charge on any atom is 0.336 e. The number of halogens is 1. The fraction of sp³-hybridized carbons (Fsp3) is 0.130. The largest absolute Gasteiger partial charge is 0.478 e. The SMILES string of the molecule is CC1(C)c2ccccc2-c2ccc(C(=O)c3cc(Br)ccc3C(=O)O)cc21. The van der Waals surface area contributed by atoms with Gasteiger partial charge in [0, 0.05) is 21.0 Å². The van der Waals surface area contributed by atoms with E-state index in [-0.39, 0.29) is 22.3 Å². The minimum Gasteiger partial charge on any atom is -0.478 e. The minimum absolute atomic E-state index is 0.00578. The van der Waals surface area contributed by atoms with Crippen LogP contribution in [0.3, 0.4) is 0 Å². The van der Waals surface area contributed by atoms with E-state index in [0.29, 0.717) is 10.0 Å². The molecule has 0 saturated carbocycles. The first-order valence-electron chi connectivity index (χ1n) is 8.62. The van der Waals surface area contributed by atoms with Gasteiger partial charge in [0.25, 0.3) is 0 Å². The average molecular weight is 421 g/mol. The molecule has 0 saturated heterocycles. The Hall–Kier alpha value is -2.72. The maximum absolute atomic E-state index is 13.1. The summed E-state index contributed by atoms with van der Waals surface area (Å²) in [5, 5.41) is 9.44. The molecule has 3 nitrogen and oxygen atoms in total. The molecule has 0 aliphatic heterocycles. The number of carbonyl (C=O) groups excluding carboxylic acids is 1. The second-order valence-electron chi connectivity index (χ2n) is 7.26. The highest BCUT2D eigenvalue weighted by Gasteiger charge is 2.35. The van der Waals surface area contributed by atoms with E-state index in [9.17, 15) is 14.7 Å². The number of hydrogen-bond acceptors (Lipinski definition) is 2. The molecule has 0 bridgehead atoms. The van der Waals surface area contributed by atoms with Gasteiger partial charge in [0.15, 0.2) is 5.78 Å². The fourth-order valence-corrected chi connectivity index (χ4v) is 4.25. The van der Waals surface area contributed by atoms with Crippen molar-refractivity contribution in [3.8, 4) is 11.1 Å². The molecule has 0 unspecified atom stereocenters. The van der Waals surface area contributed by atoms with Crippen LogP contribution in [-0.2, 0) is 5.41 Å². The topological polar surface area (TPSA) is 54.4 Å². The number of carboxylic acid groups (broad SMARTS) is 1. The van der Waals surface area contributed by atoms with Crippen molar-refractivity contribution in [2.24, 2.45) is 0 Å². The van der Waals surface area contributed by atoms with Gasteiger partial charge < -0.3 is 5.11 Å². The lowest BCUT2D eigenvalue weighted by atomic mass is 9.81. The molecule has 0 radical (unpaired) electrons. The van der Waals surface area contributed by atoms with Crippen molar-refractivity contribution >= 4 is 27.7 Å². The molecule has 0 fully saturated rings. The van der Waals surface area contributed by atoms with Gasteiger partial charge in [-0.05, 0) is 46.5 Å². The number of fused-ring (bicyclic) bond motifs is 3. The number of carbonyl (C=O) groups is 2. The molecule has 134 valence electrons. The summed E-state index contributed by atoms with van der Waals surface area (Å²) in [6.45, 7) is 4.29. The highest BCUT2D eigenvalue weighted by atomic mass is 79.9. The molecular formula is C23H17BrO3. The van der Waals surface area contributed by atoms with Crippen LogP contribution in [0.25, 0.3) is 11.1 Å². The fourth-order valence-electron chi connectivity index (χ4n) is 3.89. The summed E-state index contributed by atoms with van der Waals surface area (Å²) in [6, 6.07) is 18.6.